The first-order valence-electron chi connectivity index (χ1n) is 7.77. The summed E-state index contributed by atoms with van der Waals surface area (Å²) in [4.78, 5) is 0. The van der Waals surface area contributed by atoms with E-state index in [0.717, 1.165) is 23.4 Å². The van der Waals surface area contributed by atoms with Gasteiger partial charge in [-0.1, -0.05) is 36.4 Å². The molecule has 3 heteroatoms. The molecule has 0 amide bonds. The van der Waals surface area contributed by atoms with Gasteiger partial charge >= 0.3 is 0 Å². The van der Waals surface area contributed by atoms with Crippen LogP contribution in [0.5, 0.6) is 5.75 Å². The molecular formula is C19H25NO2. The molecule has 0 heterocycles. The van der Waals surface area contributed by atoms with Crippen molar-refractivity contribution in [2.75, 3.05) is 0 Å². The maximum atomic E-state index is 9.36. The summed E-state index contributed by atoms with van der Waals surface area (Å²) in [6.45, 7) is 7.00. The fourth-order valence-corrected chi connectivity index (χ4v) is 2.37. The molecule has 0 spiro atoms. The molecule has 0 fully saturated rings. The summed E-state index contributed by atoms with van der Waals surface area (Å²) >= 11 is 0. The summed E-state index contributed by atoms with van der Waals surface area (Å²) in [5, 5.41) is 12.9. The molecule has 22 heavy (non-hydrogen) atoms. The Bertz CT molecular complexity index is 578. The normalized spacial score (nSPS) is 12.4. The second-order valence-electron chi connectivity index (χ2n) is 5.77. The first-order valence-corrected chi connectivity index (χ1v) is 7.77. The molecule has 118 valence electrons. The van der Waals surface area contributed by atoms with Gasteiger partial charge in [-0.2, -0.15) is 0 Å². The first kappa shape index (κ1) is 16.5. The van der Waals surface area contributed by atoms with E-state index in [1.165, 1.54) is 5.56 Å². The third-order valence-electron chi connectivity index (χ3n) is 3.64. The Hall–Kier alpha value is -1.84. The van der Waals surface area contributed by atoms with Gasteiger partial charge in [-0.3, -0.25) is 0 Å². The van der Waals surface area contributed by atoms with Crippen LogP contribution in [-0.2, 0) is 13.2 Å². The number of benzene rings is 2. The van der Waals surface area contributed by atoms with Crippen molar-refractivity contribution in [1.82, 2.24) is 5.32 Å². The van der Waals surface area contributed by atoms with E-state index in [9.17, 15) is 5.11 Å². The Labute approximate surface area is 133 Å². The quantitative estimate of drug-likeness (QED) is 0.816. The lowest BCUT2D eigenvalue weighted by molar-refractivity contribution is 0.242. The molecule has 2 rings (SSSR count). The standard InChI is InChI=1S/C19H25NO2/c1-14(2)22-19-10-8-16(9-11-19)15(3)20-12-17-6-4-5-7-18(17)13-21/h4-11,14-15,20-21H,12-13H2,1-3H3. The highest BCUT2D eigenvalue weighted by molar-refractivity contribution is 5.30. The summed E-state index contributed by atoms with van der Waals surface area (Å²) < 4.78 is 5.66. The van der Waals surface area contributed by atoms with Gasteiger partial charge in [0.25, 0.3) is 0 Å². The first-order chi connectivity index (χ1) is 10.6. The van der Waals surface area contributed by atoms with E-state index < -0.39 is 0 Å². The molecule has 2 aromatic rings. The minimum atomic E-state index is 0.0769. The van der Waals surface area contributed by atoms with Gasteiger partial charge in [-0.05, 0) is 49.6 Å². The lowest BCUT2D eigenvalue weighted by Crippen LogP contribution is -2.19. The van der Waals surface area contributed by atoms with Crippen molar-refractivity contribution in [1.29, 1.82) is 0 Å². The predicted octanol–water partition coefficient (Wildman–Crippen LogP) is 3.82. The van der Waals surface area contributed by atoms with Crippen LogP contribution in [0.1, 0.15) is 43.5 Å². The molecule has 0 aliphatic heterocycles. The zero-order valence-corrected chi connectivity index (χ0v) is 13.5. The monoisotopic (exact) mass is 299 g/mol. The molecule has 0 saturated carbocycles. The Morgan fingerprint density at radius 3 is 2.18 bits per heavy atom. The highest BCUT2D eigenvalue weighted by Crippen LogP contribution is 2.19. The topological polar surface area (TPSA) is 41.5 Å². The fourth-order valence-electron chi connectivity index (χ4n) is 2.37. The lowest BCUT2D eigenvalue weighted by atomic mass is 10.1. The average molecular weight is 299 g/mol. The van der Waals surface area contributed by atoms with Crippen LogP contribution in [0.25, 0.3) is 0 Å². The van der Waals surface area contributed by atoms with E-state index >= 15 is 0 Å². The zero-order chi connectivity index (χ0) is 15.9. The number of aliphatic hydroxyl groups is 1. The number of hydrogen-bond donors (Lipinski definition) is 2. The van der Waals surface area contributed by atoms with Crippen LogP contribution in [0.2, 0.25) is 0 Å². The summed E-state index contributed by atoms with van der Waals surface area (Å²) in [7, 11) is 0. The highest BCUT2D eigenvalue weighted by atomic mass is 16.5. The van der Waals surface area contributed by atoms with Crippen LogP contribution < -0.4 is 10.1 Å². The molecule has 0 aliphatic carbocycles. The molecule has 1 unspecified atom stereocenters. The minimum absolute atomic E-state index is 0.0769. The number of rotatable bonds is 7. The van der Waals surface area contributed by atoms with Crippen molar-refractivity contribution in [3.63, 3.8) is 0 Å². The predicted molar refractivity (Wildman–Crippen MR) is 89.8 cm³/mol. The minimum Gasteiger partial charge on any atom is -0.491 e. The lowest BCUT2D eigenvalue weighted by Gasteiger charge is -2.17. The van der Waals surface area contributed by atoms with Crippen molar-refractivity contribution >= 4 is 0 Å². The van der Waals surface area contributed by atoms with Crippen LogP contribution in [0, 0.1) is 0 Å². The Balaban J connectivity index is 1.95. The molecule has 0 radical (unpaired) electrons. The van der Waals surface area contributed by atoms with Crippen LogP contribution in [0.4, 0.5) is 0 Å². The van der Waals surface area contributed by atoms with Gasteiger partial charge in [0.05, 0.1) is 12.7 Å². The van der Waals surface area contributed by atoms with E-state index in [-0.39, 0.29) is 18.8 Å². The molecule has 1 atom stereocenters. The molecule has 0 aliphatic rings. The molecule has 0 saturated heterocycles. The van der Waals surface area contributed by atoms with E-state index in [1.807, 2.05) is 50.2 Å². The zero-order valence-electron chi connectivity index (χ0n) is 13.5. The second-order valence-corrected chi connectivity index (χ2v) is 5.77. The van der Waals surface area contributed by atoms with Crippen LogP contribution in [0.3, 0.4) is 0 Å². The molecule has 2 aromatic carbocycles. The number of aliphatic hydroxyl groups excluding tert-OH is 1. The van der Waals surface area contributed by atoms with E-state index in [4.69, 9.17) is 4.74 Å². The van der Waals surface area contributed by atoms with Crippen molar-refractivity contribution in [2.24, 2.45) is 0 Å². The SMILES string of the molecule is CC(C)Oc1ccc(C(C)NCc2ccccc2CO)cc1. The van der Waals surface area contributed by atoms with Gasteiger partial charge < -0.3 is 15.2 Å². The van der Waals surface area contributed by atoms with E-state index in [1.54, 1.807) is 0 Å². The number of nitrogens with one attached hydrogen (secondary N) is 1. The van der Waals surface area contributed by atoms with E-state index in [2.05, 4.69) is 24.4 Å². The highest BCUT2D eigenvalue weighted by Gasteiger charge is 2.07. The van der Waals surface area contributed by atoms with Crippen molar-refractivity contribution in [3.05, 3.63) is 65.2 Å². The molecule has 0 aromatic heterocycles. The van der Waals surface area contributed by atoms with Gasteiger partial charge in [0.15, 0.2) is 0 Å². The second kappa shape index (κ2) is 7.97. The Morgan fingerprint density at radius 1 is 0.955 bits per heavy atom. The summed E-state index contributed by atoms with van der Waals surface area (Å²) in [5.74, 6) is 0.900. The van der Waals surface area contributed by atoms with Gasteiger partial charge in [0.2, 0.25) is 0 Å². The van der Waals surface area contributed by atoms with Crippen LogP contribution in [0.15, 0.2) is 48.5 Å². The Morgan fingerprint density at radius 2 is 1.59 bits per heavy atom. The smallest absolute Gasteiger partial charge is 0.119 e. The fraction of sp³-hybridized carbons (Fsp3) is 0.368. The molecule has 2 N–H and O–H groups in total. The van der Waals surface area contributed by atoms with Crippen LogP contribution in [-0.4, -0.2) is 11.2 Å². The summed E-state index contributed by atoms with van der Waals surface area (Å²) in [6, 6.07) is 16.4. The van der Waals surface area contributed by atoms with Gasteiger partial charge in [0, 0.05) is 12.6 Å². The third kappa shape index (κ3) is 4.58. The van der Waals surface area contributed by atoms with Gasteiger partial charge in [0.1, 0.15) is 5.75 Å². The molecule has 3 nitrogen and oxygen atoms in total. The van der Waals surface area contributed by atoms with Crippen molar-refractivity contribution < 1.29 is 9.84 Å². The van der Waals surface area contributed by atoms with E-state index in [0.29, 0.717) is 0 Å². The molecule has 0 bridgehead atoms. The van der Waals surface area contributed by atoms with Gasteiger partial charge in [-0.15, -0.1) is 0 Å². The summed E-state index contributed by atoms with van der Waals surface area (Å²) in [6.07, 6.45) is 0.191. The average Bonchev–Trinajstić information content (AvgIpc) is 2.53. The Kier molecular flexibility index (Phi) is 5.99. The largest absolute Gasteiger partial charge is 0.491 e. The maximum absolute atomic E-state index is 9.36. The number of ether oxygens (including phenoxy) is 1. The third-order valence-corrected chi connectivity index (χ3v) is 3.64. The van der Waals surface area contributed by atoms with Gasteiger partial charge in [-0.25, -0.2) is 0 Å². The number of hydrogen-bond acceptors (Lipinski definition) is 3. The maximum Gasteiger partial charge on any atom is 0.119 e. The summed E-state index contributed by atoms with van der Waals surface area (Å²) in [5.41, 5.74) is 3.33. The van der Waals surface area contributed by atoms with Crippen molar-refractivity contribution in [3.8, 4) is 5.75 Å². The molecular weight excluding hydrogens is 274 g/mol. The van der Waals surface area contributed by atoms with Crippen molar-refractivity contribution in [2.45, 2.75) is 46.1 Å². The van der Waals surface area contributed by atoms with Crippen LogP contribution >= 0.6 is 0 Å².